The van der Waals surface area contributed by atoms with Crippen LogP contribution in [0.4, 0.5) is 8.78 Å². The Morgan fingerprint density at radius 3 is 2.35 bits per heavy atom. The normalized spacial score (nSPS) is 21.8. The summed E-state index contributed by atoms with van der Waals surface area (Å²) in [5, 5.41) is 0. The molecule has 1 aromatic carbocycles. The Hall–Kier alpha value is -1.36. The summed E-state index contributed by atoms with van der Waals surface area (Å²) in [7, 11) is 0. The van der Waals surface area contributed by atoms with E-state index >= 15 is 0 Å². The summed E-state index contributed by atoms with van der Waals surface area (Å²) >= 11 is 0. The van der Waals surface area contributed by atoms with Crippen LogP contribution >= 0.6 is 0 Å². The molecule has 0 N–H and O–H groups in total. The van der Waals surface area contributed by atoms with E-state index in [4.69, 9.17) is 9.47 Å². The van der Waals surface area contributed by atoms with E-state index in [0.29, 0.717) is 32.8 Å². The quantitative estimate of drug-likeness (QED) is 0.833. The molecule has 1 aromatic rings. The van der Waals surface area contributed by atoms with Crippen LogP contribution in [-0.2, 0) is 6.54 Å². The molecule has 110 valence electrons. The minimum atomic E-state index is -2.49. The van der Waals surface area contributed by atoms with E-state index < -0.39 is 5.92 Å². The van der Waals surface area contributed by atoms with E-state index in [9.17, 15) is 8.78 Å². The van der Waals surface area contributed by atoms with Gasteiger partial charge in [-0.1, -0.05) is 0 Å². The van der Waals surface area contributed by atoms with E-state index in [1.54, 1.807) is 0 Å². The average Bonchev–Trinajstić information content (AvgIpc) is 2.42. The lowest BCUT2D eigenvalue weighted by Crippen LogP contribution is -2.38. The van der Waals surface area contributed by atoms with Crippen LogP contribution in [0.3, 0.4) is 0 Å². The van der Waals surface area contributed by atoms with Crippen molar-refractivity contribution >= 4 is 0 Å². The maximum Gasteiger partial charge on any atom is 0.250 e. The van der Waals surface area contributed by atoms with Crippen LogP contribution in [0.5, 0.6) is 11.5 Å². The van der Waals surface area contributed by atoms with Gasteiger partial charge in [-0.25, -0.2) is 8.78 Å². The van der Waals surface area contributed by atoms with Crippen molar-refractivity contribution in [2.24, 2.45) is 0 Å². The van der Waals surface area contributed by atoms with Gasteiger partial charge in [-0.05, 0) is 30.2 Å². The Morgan fingerprint density at radius 1 is 1.10 bits per heavy atom. The Morgan fingerprint density at radius 2 is 1.70 bits per heavy atom. The molecule has 0 aliphatic carbocycles. The molecule has 5 heteroatoms. The smallest absolute Gasteiger partial charge is 0.250 e. The average molecular weight is 283 g/mol. The van der Waals surface area contributed by atoms with E-state index in [0.717, 1.165) is 22.6 Å². The molecule has 3 nitrogen and oxygen atoms in total. The van der Waals surface area contributed by atoms with E-state index in [1.165, 1.54) is 0 Å². The highest BCUT2D eigenvalue weighted by Gasteiger charge is 2.34. The van der Waals surface area contributed by atoms with Crippen molar-refractivity contribution in [3.05, 3.63) is 23.3 Å². The Balaban J connectivity index is 1.71. The third-order valence-electron chi connectivity index (χ3n) is 3.98. The molecule has 0 bridgehead atoms. The molecule has 1 fully saturated rings. The maximum absolute atomic E-state index is 13.2. The molecule has 0 amide bonds. The highest BCUT2D eigenvalue weighted by atomic mass is 19.3. The van der Waals surface area contributed by atoms with Gasteiger partial charge in [-0.2, -0.15) is 0 Å². The SMILES string of the molecule is Cc1cc2c(cc1CN1CCC(F)(F)CC1)OCCO2. The molecule has 0 spiro atoms. The van der Waals surface area contributed by atoms with Gasteiger partial charge < -0.3 is 9.47 Å². The zero-order chi connectivity index (χ0) is 14.2. The molecule has 3 rings (SSSR count). The van der Waals surface area contributed by atoms with Gasteiger partial charge in [0.2, 0.25) is 0 Å². The highest BCUT2D eigenvalue weighted by Crippen LogP contribution is 2.34. The first-order chi connectivity index (χ1) is 9.53. The maximum atomic E-state index is 13.2. The number of rotatable bonds is 2. The molecular formula is C15H19F2NO2. The number of aryl methyl sites for hydroxylation is 1. The number of hydrogen-bond acceptors (Lipinski definition) is 3. The van der Waals surface area contributed by atoms with Crippen LogP contribution in [0.1, 0.15) is 24.0 Å². The summed E-state index contributed by atoms with van der Waals surface area (Å²) < 4.78 is 37.4. The van der Waals surface area contributed by atoms with Crippen molar-refractivity contribution < 1.29 is 18.3 Å². The number of likely N-dealkylation sites (tertiary alicyclic amines) is 1. The van der Waals surface area contributed by atoms with Crippen molar-refractivity contribution in [3.63, 3.8) is 0 Å². The van der Waals surface area contributed by atoms with Crippen LogP contribution in [0.2, 0.25) is 0 Å². The van der Waals surface area contributed by atoms with Crippen LogP contribution in [0.15, 0.2) is 12.1 Å². The number of fused-ring (bicyclic) bond motifs is 1. The van der Waals surface area contributed by atoms with Crippen molar-refractivity contribution in [2.75, 3.05) is 26.3 Å². The summed E-state index contributed by atoms with van der Waals surface area (Å²) in [6, 6.07) is 3.96. The fourth-order valence-electron chi connectivity index (χ4n) is 2.68. The number of ether oxygens (including phenoxy) is 2. The molecule has 0 atom stereocenters. The van der Waals surface area contributed by atoms with Crippen LogP contribution in [0, 0.1) is 6.92 Å². The fraction of sp³-hybridized carbons (Fsp3) is 0.600. The molecule has 2 aliphatic heterocycles. The van der Waals surface area contributed by atoms with Crippen molar-refractivity contribution in [1.29, 1.82) is 0 Å². The second-order valence-corrected chi connectivity index (χ2v) is 5.55. The van der Waals surface area contributed by atoms with Gasteiger partial charge in [0.25, 0.3) is 5.92 Å². The number of benzene rings is 1. The van der Waals surface area contributed by atoms with Gasteiger partial charge in [0.15, 0.2) is 11.5 Å². The minimum Gasteiger partial charge on any atom is -0.486 e. The van der Waals surface area contributed by atoms with Gasteiger partial charge >= 0.3 is 0 Å². The molecule has 0 saturated carbocycles. The zero-order valence-electron chi connectivity index (χ0n) is 11.6. The van der Waals surface area contributed by atoms with Crippen molar-refractivity contribution in [1.82, 2.24) is 4.90 Å². The second-order valence-electron chi connectivity index (χ2n) is 5.55. The standard InChI is InChI=1S/C15H19F2NO2/c1-11-8-13-14(20-7-6-19-13)9-12(11)10-18-4-2-15(16,17)3-5-18/h8-9H,2-7,10H2,1H3. The van der Waals surface area contributed by atoms with Gasteiger partial charge in [0.1, 0.15) is 13.2 Å². The third-order valence-corrected chi connectivity index (χ3v) is 3.98. The van der Waals surface area contributed by atoms with Crippen LogP contribution in [0.25, 0.3) is 0 Å². The zero-order valence-corrected chi connectivity index (χ0v) is 11.6. The largest absolute Gasteiger partial charge is 0.486 e. The molecule has 0 aromatic heterocycles. The minimum absolute atomic E-state index is 0.0450. The first kappa shape index (κ1) is 13.6. The molecule has 0 radical (unpaired) electrons. The van der Waals surface area contributed by atoms with Crippen molar-refractivity contribution in [3.8, 4) is 11.5 Å². The molecule has 20 heavy (non-hydrogen) atoms. The highest BCUT2D eigenvalue weighted by molar-refractivity contribution is 5.47. The van der Waals surface area contributed by atoms with Crippen LogP contribution < -0.4 is 9.47 Å². The van der Waals surface area contributed by atoms with E-state index in [-0.39, 0.29) is 12.8 Å². The number of halogens is 2. The fourth-order valence-corrected chi connectivity index (χ4v) is 2.68. The topological polar surface area (TPSA) is 21.7 Å². The number of piperidine rings is 1. The predicted molar refractivity (Wildman–Crippen MR) is 71.6 cm³/mol. The van der Waals surface area contributed by atoms with Gasteiger partial charge in [0.05, 0.1) is 0 Å². The summed E-state index contributed by atoms with van der Waals surface area (Å²) in [6.45, 7) is 4.74. The first-order valence-corrected chi connectivity index (χ1v) is 7.03. The van der Waals surface area contributed by atoms with E-state index in [2.05, 4.69) is 4.90 Å². The summed E-state index contributed by atoms with van der Waals surface area (Å²) in [4.78, 5) is 2.08. The summed E-state index contributed by atoms with van der Waals surface area (Å²) in [5.41, 5.74) is 2.24. The molecule has 2 aliphatic rings. The Kier molecular flexibility index (Phi) is 3.54. The predicted octanol–water partition coefficient (Wildman–Crippen LogP) is 3.00. The first-order valence-electron chi connectivity index (χ1n) is 7.03. The molecule has 0 unspecified atom stereocenters. The Labute approximate surface area is 117 Å². The number of nitrogens with zero attached hydrogens (tertiary/aromatic N) is 1. The van der Waals surface area contributed by atoms with Gasteiger partial charge in [0, 0.05) is 32.5 Å². The lowest BCUT2D eigenvalue weighted by molar-refractivity contribution is -0.0566. The lowest BCUT2D eigenvalue weighted by Gasteiger charge is -2.32. The summed E-state index contributed by atoms with van der Waals surface area (Å²) in [5.74, 6) is -0.944. The number of hydrogen-bond donors (Lipinski definition) is 0. The van der Waals surface area contributed by atoms with Gasteiger partial charge in [-0.15, -0.1) is 0 Å². The molecule has 2 heterocycles. The lowest BCUT2D eigenvalue weighted by atomic mass is 10.0. The van der Waals surface area contributed by atoms with Gasteiger partial charge in [-0.3, -0.25) is 4.90 Å². The molecule has 1 saturated heterocycles. The van der Waals surface area contributed by atoms with Crippen molar-refractivity contribution in [2.45, 2.75) is 32.2 Å². The van der Waals surface area contributed by atoms with E-state index in [1.807, 2.05) is 19.1 Å². The third kappa shape index (κ3) is 2.87. The monoisotopic (exact) mass is 283 g/mol. The summed E-state index contributed by atoms with van der Waals surface area (Å²) in [6.07, 6.45) is -0.0901. The Bertz CT molecular complexity index is 495. The number of alkyl halides is 2. The second kappa shape index (κ2) is 5.20. The molecular weight excluding hydrogens is 264 g/mol. The van der Waals surface area contributed by atoms with Crippen LogP contribution in [-0.4, -0.2) is 37.1 Å².